The first-order chi connectivity index (χ1) is 10.3. The summed E-state index contributed by atoms with van der Waals surface area (Å²) in [6.45, 7) is 6.51. The van der Waals surface area contributed by atoms with Gasteiger partial charge in [0.25, 0.3) is 0 Å². The van der Waals surface area contributed by atoms with E-state index in [0.29, 0.717) is 65.7 Å². The van der Waals surface area contributed by atoms with Gasteiger partial charge in [-0.3, -0.25) is 4.79 Å². The Labute approximate surface area is 128 Å². The van der Waals surface area contributed by atoms with Crippen molar-refractivity contribution in [3.63, 3.8) is 0 Å². The maximum atomic E-state index is 11.3. The lowest BCUT2D eigenvalue weighted by Crippen LogP contribution is -2.12. The first-order valence-corrected chi connectivity index (χ1v) is 7.69. The van der Waals surface area contributed by atoms with Crippen LogP contribution in [0.4, 0.5) is 0 Å². The molecule has 21 heavy (non-hydrogen) atoms. The molecule has 6 heteroatoms. The molecular weight excluding hydrogens is 276 g/mol. The van der Waals surface area contributed by atoms with Crippen LogP contribution in [-0.2, 0) is 28.5 Å². The van der Waals surface area contributed by atoms with Gasteiger partial charge in [-0.25, -0.2) is 0 Å². The fraction of sp³-hybridized carbons (Fsp3) is 0.933. The lowest BCUT2D eigenvalue weighted by atomic mass is 10.3. The summed E-state index contributed by atoms with van der Waals surface area (Å²) in [5.41, 5.74) is 0. The van der Waals surface area contributed by atoms with Crippen molar-refractivity contribution in [2.24, 2.45) is 0 Å². The summed E-state index contributed by atoms with van der Waals surface area (Å²) < 4.78 is 25.8. The van der Waals surface area contributed by atoms with E-state index in [1.807, 2.05) is 0 Å². The molecule has 0 heterocycles. The number of carbonyl (C=O) groups excluding carboxylic acids is 1. The molecule has 0 radical (unpaired) electrons. The molecule has 0 aromatic rings. The Kier molecular flexibility index (Phi) is 16.8. The van der Waals surface area contributed by atoms with Crippen molar-refractivity contribution in [1.29, 1.82) is 0 Å². The Bertz CT molecular complexity index is 222. The van der Waals surface area contributed by atoms with E-state index in [2.05, 4.69) is 6.92 Å². The minimum atomic E-state index is -0.142. The third-order valence-corrected chi connectivity index (χ3v) is 2.61. The van der Waals surface area contributed by atoms with Gasteiger partial charge >= 0.3 is 5.97 Å². The molecule has 0 saturated carbocycles. The lowest BCUT2D eigenvalue weighted by Gasteiger charge is -2.07. The van der Waals surface area contributed by atoms with E-state index >= 15 is 0 Å². The highest BCUT2D eigenvalue weighted by Crippen LogP contribution is 1.96. The van der Waals surface area contributed by atoms with E-state index in [1.165, 1.54) is 0 Å². The van der Waals surface area contributed by atoms with Gasteiger partial charge in [0.1, 0.15) is 0 Å². The summed E-state index contributed by atoms with van der Waals surface area (Å²) in [4.78, 5) is 11.3. The number of rotatable bonds is 16. The van der Waals surface area contributed by atoms with Crippen LogP contribution < -0.4 is 0 Å². The van der Waals surface area contributed by atoms with E-state index < -0.39 is 0 Å². The average Bonchev–Trinajstić information content (AvgIpc) is 2.48. The number of hydrogen-bond donors (Lipinski definition) is 0. The smallest absolute Gasteiger partial charge is 0.305 e. The van der Waals surface area contributed by atoms with E-state index in [4.69, 9.17) is 23.7 Å². The molecule has 6 nitrogen and oxygen atoms in total. The Hall–Kier alpha value is -0.690. The van der Waals surface area contributed by atoms with Crippen molar-refractivity contribution in [3.05, 3.63) is 0 Å². The Morgan fingerprint density at radius 3 is 1.90 bits per heavy atom. The zero-order chi connectivity index (χ0) is 15.6. The number of ether oxygens (including phenoxy) is 5. The van der Waals surface area contributed by atoms with Crippen LogP contribution in [0.1, 0.15) is 32.6 Å². The van der Waals surface area contributed by atoms with E-state index in [9.17, 15) is 4.79 Å². The standard InChI is InChI=1S/C15H30O6/c1-3-4-8-21-15(16)6-5-7-18-11-12-20-14-13-19-10-9-17-2/h3-14H2,1-2H3. The molecule has 0 N–H and O–H groups in total. The van der Waals surface area contributed by atoms with Crippen molar-refractivity contribution >= 4 is 5.97 Å². The van der Waals surface area contributed by atoms with E-state index in [0.717, 1.165) is 12.8 Å². The van der Waals surface area contributed by atoms with Crippen LogP contribution in [0.2, 0.25) is 0 Å². The van der Waals surface area contributed by atoms with Crippen LogP contribution in [0.3, 0.4) is 0 Å². The lowest BCUT2D eigenvalue weighted by molar-refractivity contribution is -0.144. The Balaban J connectivity index is 3.06. The minimum absolute atomic E-state index is 0.142. The molecule has 0 amide bonds. The van der Waals surface area contributed by atoms with Gasteiger partial charge in [0.05, 0.1) is 46.2 Å². The summed E-state index contributed by atoms with van der Waals surface area (Å²) in [6.07, 6.45) is 3.06. The fourth-order valence-corrected chi connectivity index (χ4v) is 1.41. The quantitative estimate of drug-likeness (QED) is 0.320. The normalized spacial score (nSPS) is 10.8. The highest BCUT2D eigenvalue weighted by Gasteiger charge is 2.01. The second-order valence-corrected chi connectivity index (χ2v) is 4.51. The van der Waals surface area contributed by atoms with Crippen molar-refractivity contribution in [2.45, 2.75) is 32.6 Å². The molecule has 0 fully saturated rings. The number of carbonyl (C=O) groups is 1. The molecular formula is C15H30O6. The summed E-state index contributed by atoms with van der Waals surface area (Å²) in [7, 11) is 1.64. The van der Waals surface area contributed by atoms with Crippen LogP contribution in [0.15, 0.2) is 0 Å². The van der Waals surface area contributed by atoms with Crippen molar-refractivity contribution in [2.75, 3.05) is 60.0 Å². The van der Waals surface area contributed by atoms with Gasteiger partial charge in [-0.05, 0) is 12.8 Å². The molecule has 0 aliphatic rings. The monoisotopic (exact) mass is 306 g/mol. The van der Waals surface area contributed by atoms with Gasteiger partial charge < -0.3 is 23.7 Å². The number of unbranched alkanes of at least 4 members (excludes halogenated alkanes) is 1. The van der Waals surface area contributed by atoms with Gasteiger partial charge in [0.15, 0.2) is 0 Å². The number of esters is 1. The number of methoxy groups -OCH3 is 1. The van der Waals surface area contributed by atoms with Crippen molar-refractivity contribution < 1.29 is 28.5 Å². The molecule has 0 aliphatic carbocycles. The molecule has 0 saturated heterocycles. The van der Waals surface area contributed by atoms with Crippen LogP contribution in [0, 0.1) is 0 Å². The molecule has 0 aromatic heterocycles. The number of hydrogen-bond acceptors (Lipinski definition) is 6. The maximum Gasteiger partial charge on any atom is 0.305 e. The molecule has 126 valence electrons. The van der Waals surface area contributed by atoms with Gasteiger partial charge in [0, 0.05) is 20.1 Å². The van der Waals surface area contributed by atoms with Crippen LogP contribution in [0.25, 0.3) is 0 Å². The Morgan fingerprint density at radius 1 is 0.762 bits per heavy atom. The predicted octanol–water partition coefficient (Wildman–Crippen LogP) is 1.81. The Morgan fingerprint density at radius 2 is 1.33 bits per heavy atom. The highest BCUT2D eigenvalue weighted by molar-refractivity contribution is 5.69. The summed E-state index contributed by atoms with van der Waals surface area (Å²) in [5.74, 6) is -0.142. The summed E-state index contributed by atoms with van der Waals surface area (Å²) >= 11 is 0. The zero-order valence-electron chi connectivity index (χ0n) is 13.4. The topological polar surface area (TPSA) is 63.2 Å². The highest BCUT2D eigenvalue weighted by atomic mass is 16.6. The minimum Gasteiger partial charge on any atom is -0.466 e. The molecule has 0 aliphatic heterocycles. The van der Waals surface area contributed by atoms with Gasteiger partial charge in [-0.15, -0.1) is 0 Å². The molecule has 0 unspecified atom stereocenters. The fourth-order valence-electron chi connectivity index (χ4n) is 1.41. The van der Waals surface area contributed by atoms with Crippen LogP contribution >= 0.6 is 0 Å². The zero-order valence-corrected chi connectivity index (χ0v) is 13.4. The van der Waals surface area contributed by atoms with Crippen LogP contribution in [-0.4, -0.2) is 65.9 Å². The second kappa shape index (κ2) is 17.4. The predicted molar refractivity (Wildman–Crippen MR) is 79.4 cm³/mol. The maximum absolute atomic E-state index is 11.3. The van der Waals surface area contributed by atoms with E-state index in [1.54, 1.807) is 7.11 Å². The van der Waals surface area contributed by atoms with Gasteiger partial charge in [-0.2, -0.15) is 0 Å². The summed E-state index contributed by atoms with van der Waals surface area (Å²) in [6, 6.07) is 0. The van der Waals surface area contributed by atoms with E-state index in [-0.39, 0.29) is 5.97 Å². The van der Waals surface area contributed by atoms with Crippen molar-refractivity contribution in [1.82, 2.24) is 0 Å². The largest absolute Gasteiger partial charge is 0.466 e. The first-order valence-electron chi connectivity index (χ1n) is 7.69. The molecule has 0 atom stereocenters. The molecule has 0 aromatic carbocycles. The first kappa shape index (κ1) is 20.3. The average molecular weight is 306 g/mol. The SMILES string of the molecule is CCCCOC(=O)CCCOCCOCCOCCOC. The summed E-state index contributed by atoms with van der Waals surface area (Å²) in [5, 5.41) is 0. The molecule has 0 bridgehead atoms. The third kappa shape index (κ3) is 17.3. The van der Waals surface area contributed by atoms with Gasteiger partial charge in [0.2, 0.25) is 0 Å². The molecule has 0 rings (SSSR count). The second-order valence-electron chi connectivity index (χ2n) is 4.51. The molecule has 0 spiro atoms. The third-order valence-electron chi connectivity index (χ3n) is 2.61. The van der Waals surface area contributed by atoms with Crippen LogP contribution in [0.5, 0.6) is 0 Å². The van der Waals surface area contributed by atoms with Crippen molar-refractivity contribution in [3.8, 4) is 0 Å². The van der Waals surface area contributed by atoms with Gasteiger partial charge in [-0.1, -0.05) is 13.3 Å².